The maximum atomic E-state index is 9.06. The zero-order valence-electron chi connectivity index (χ0n) is 7.88. The molecule has 0 amide bonds. The van der Waals surface area contributed by atoms with Gasteiger partial charge in [0.05, 0.1) is 16.6 Å². The van der Waals surface area contributed by atoms with Crippen molar-refractivity contribution in [2.45, 2.75) is 19.4 Å². The molecule has 0 spiro atoms. The first-order chi connectivity index (χ1) is 6.46. The lowest BCUT2D eigenvalue weighted by molar-refractivity contribution is 0.234. The van der Waals surface area contributed by atoms with Gasteiger partial charge >= 0.3 is 0 Å². The van der Waals surface area contributed by atoms with Crippen molar-refractivity contribution in [2.24, 2.45) is 0 Å². The molecule has 0 saturated carbocycles. The smallest absolute Gasteiger partial charge is 0.148 e. The molecule has 0 aliphatic heterocycles. The second kappa shape index (κ2) is 4.42. The summed E-state index contributed by atoms with van der Waals surface area (Å²) in [5, 5.41) is 12.4. The Bertz CT molecular complexity index is 332. The maximum Gasteiger partial charge on any atom is 0.148 e. The minimum atomic E-state index is -0.444. The molecule has 0 atom stereocenters. The molecule has 0 saturated heterocycles. The number of rotatable bonds is 3. The first kappa shape index (κ1) is 11.7. The Morgan fingerprint density at radius 1 is 1.57 bits per heavy atom. The highest BCUT2D eigenvalue weighted by Crippen LogP contribution is 2.27. The quantitative estimate of drug-likeness (QED) is 0.832. The summed E-state index contributed by atoms with van der Waals surface area (Å²) in [5.41, 5.74) is -0.444. The van der Waals surface area contributed by atoms with Gasteiger partial charge in [0, 0.05) is 0 Å². The van der Waals surface area contributed by atoms with Gasteiger partial charge in [-0.1, -0.05) is 11.6 Å². The minimum Gasteiger partial charge on any atom is -0.394 e. The highest BCUT2D eigenvalue weighted by atomic mass is 79.9. The second-order valence-electron chi connectivity index (χ2n) is 3.49. The van der Waals surface area contributed by atoms with Crippen molar-refractivity contribution in [1.29, 1.82) is 0 Å². The van der Waals surface area contributed by atoms with Gasteiger partial charge in [0.1, 0.15) is 17.3 Å². The summed E-state index contributed by atoms with van der Waals surface area (Å²) in [6.45, 7) is 3.71. The lowest BCUT2D eigenvalue weighted by atomic mass is 10.1. The molecular weight excluding hydrogens is 269 g/mol. The molecule has 1 aromatic heterocycles. The van der Waals surface area contributed by atoms with Crippen LogP contribution in [-0.2, 0) is 0 Å². The summed E-state index contributed by atoms with van der Waals surface area (Å²) < 4.78 is 0.600. The highest BCUT2D eigenvalue weighted by molar-refractivity contribution is 9.10. The summed E-state index contributed by atoms with van der Waals surface area (Å²) in [7, 11) is 0. The third-order valence-corrected chi connectivity index (χ3v) is 2.86. The van der Waals surface area contributed by atoms with Crippen molar-refractivity contribution in [3.05, 3.63) is 16.0 Å². The van der Waals surface area contributed by atoms with Gasteiger partial charge in [0.15, 0.2) is 0 Å². The van der Waals surface area contributed by atoms with Crippen LogP contribution in [0.2, 0.25) is 5.15 Å². The number of hydrogen-bond donors (Lipinski definition) is 2. The van der Waals surface area contributed by atoms with E-state index in [1.165, 1.54) is 6.33 Å². The number of nitrogens with one attached hydrogen (secondary N) is 1. The van der Waals surface area contributed by atoms with Crippen molar-refractivity contribution in [2.75, 3.05) is 11.9 Å². The topological polar surface area (TPSA) is 58.0 Å². The number of aliphatic hydroxyl groups excluding tert-OH is 1. The van der Waals surface area contributed by atoms with E-state index in [2.05, 4.69) is 31.2 Å². The highest BCUT2D eigenvalue weighted by Gasteiger charge is 2.18. The minimum absolute atomic E-state index is 0.00105. The van der Waals surface area contributed by atoms with E-state index in [1.807, 2.05) is 13.8 Å². The van der Waals surface area contributed by atoms with Gasteiger partial charge in [-0.25, -0.2) is 9.97 Å². The van der Waals surface area contributed by atoms with Crippen LogP contribution in [0.4, 0.5) is 5.82 Å². The van der Waals surface area contributed by atoms with Gasteiger partial charge in [0.2, 0.25) is 0 Å². The summed E-state index contributed by atoms with van der Waals surface area (Å²) in [6, 6.07) is 0. The third-order valence-electron chi connectivity index (χ3n) is 1.60. The van der Waals surface area contributed by atoms with Gasteiger partial charge in [-0.05, 0) is 29.8 Å². The largest absolute Gasteiger partial charge is 0.394 e. The second-order valence-corrected chi connectivity index (χ2v) is 4.65. The van der Waals surface area contributed by atoms with Gasteiger partial charge in [-0.3, -0.25) is 0 Å². The van der Waals surface area contributed by atoms with Gasteiger partial charge in [-0.2, -0.15) is 0 Å². The molecule has 4 nitrogen and oxygen atoms in total. The number of aliphatic hydroxyl groups is 1. The Hall–Kier alpha value is -0.390. The third kappa shape index (κ3) is 2.80. The molecule has 6 heteroatoms. The molecule has 0 fully saturated rings. The van der Waals surface area contributed by atoms with Crippen molar-refractivity contribution in [3.8, 4) is 0 Å². The van der Waals surface area contributed by atoms with Crippen LogP contribution in [0.5, 0.6) is 0 Å². The molecule has 0 aromatic carbocycles. The number of hydrogen-bond acceptors (Lipinski definition) is 4. The molecule has 14 heavy (non-hydrogen) atoms. The fourth-order valence-corrected chi connectivity index (χ4v) is 1.23. The molecule has 0 bridgehead atoms. The van der Waals surface area contributed by atoms with Crippen LogP contribution >= 0.6 is 27.5 Å². The molecule has 1 heterocycles. The summed E-state index contributed by atoms with van der Waals surface area (Å²) in [6.07, 6.45) is 1.36. The predicted octanol–water partition coefficient (Wildman–Crippen LogP) is 2.08. The van der Waals surface area contributed by atoms with Crippen LogP contribution in [0.1, 0.15) is 13.8 Å². The zero-order valence-corrected chi connectivity index (χ0v) is 10.2. The van der Waals surface area contributed by atoms with Crippen molar-refractivity contribution < 1.29 is 5.11 Å². The lowest BCUT2D eigenvalue weighted by Gasteiger charge is -2.24. The maximum absolute atomic E-state index is 9.06. The average Bonchev–Trinajstić information content (AvgIpc) is 2.13. The van der Waals surface area contributed by atoms with E-state index in [1.54, 1.807) is 0 Å². The van der Waals surface area contributed by atoms with Gasteiger partial charge < -0.3 is 10.4 Å². The molecule has 0 radical (unpaired) electrons. The monoisotopic (exact) mass is 279 g/mol. The van der Waals surface area contributed by atoms with Crippen LogP contribution in [-0.4, -0.2) is 27.2 Å². The number of anilines is 1. The van der Waals surface area contributed by atoms with E-state index >= 15 is 0 Å². The number of nitrogens with zero attached hydrogens (tertiary/aromatic N) is 2. The Morgan fingerprint density at radius 3 is 2.79 bits per heavy atom. The number of halogens is 2. The standard InChI is InChI=1S/C8H11BrClN3O/c1-8(2,3-14)13-7-5(9)6(10)11-4-12-7/h4,14H,3H2,1-2H3,(H,11,12,13). The first-order valence-corrected chi connectivity index (χ1v) is 5.18. The fraction of sp³-hybridized carbons (Fsp3) is 0.500. The van der Waals surface area contributed by atoms with E-state index in [0.29, 0.717) is 15.4 Å². The average molecular weight is 281 g/mol. The van der Waals surface area contributed by atoms with Crippen molar-refractivity contribution >= 4 is 33.3 Å². The molecule has 0 unspecified atom stereocenters. The Kier molecular flexibility index (Phi) is 3.69. The van der Waals surface area contributed by atoms with Crippen molar-refractivity contribution in [3.63, 3.8) is 0 Å². The molecule has 78 valence electrons. The zero-order chi connectivity index (χ0) is 10.8. The van der Waals surface area contributed by atoms with Crippen LogP contribution in [0.15, 0.2) is 10.8 Å². The molecule has 1 rings (SSSR count). The lowest BCUT2D eigenvalue weighted by Crippen LogP contribution is -2.35. The van der Waals surface area contributed by atoms with Crippen LogP contribution in [0.3, 0.4) is 0 Å². The van der Waals surface area contributed by atoms with Gasteiger partial charge in [-0.15, -0.1) is 0 Å². The van der Waals surface area contributed by atoms with Crippen LogP contribution in [0, 0.1) is 0 Å². The van der Waals surface area contributed by atoms with Gasteiger partial charge in [0.25, 0.3) is 0 Å². The fourth-order valence-electron chi connectivity index (χ4n) is 0.796. The molecule has 1 aromatic rings. The Balaban J connectivity index is 2.92. The van der Waals surface area contributed by atoms with E-state index < -0.39 is 5.54 Å². The SMILES string of the molecule is CC(C)(CO)Nc1ncnc(Cl)c1Br. The molecule has 0 aliphatic rings. The molecular formula is C8H11BrClN3O. The molecule has 0 aliphatic carbocycles. The summed E-state index contributed by atoms with van der Waals surface area (Å²) >= 11 is 9.05. The summed E-state index contributed by atoms with van der Waals surface area (Å²) in [5.74, 6) is 0.573. The van der Waals surface area contributed by atoms with Crippen LogP contribution < -0.4 is 5.32 Å². The van der Waals surface area contributed by atoms with E-state index in [4.69, 9.17) is 16.7 Å². The van der Waals surface area contributed by atoms with Crippen molar-refractivity contribution in [1.82, 2.24) is 9.97 Å². The normalized spacial score (nSPS) is 11.5. The Morgan fingerprint density at radius 2 is 2.21 bits per heavy atom. The van der Waals surface area contributed by atoms with E-state index in [9.17, 15) is 0 Å². The van der Waals surface area contributed by atoms with E-state index in [0.717, 1.165) is 0 Å². The molecule has 2 N–H and O–H groups in total. The van der Waals surface area contributed by atoms with E-state index in [-0.39, 0.29) is 6.61 Å². The number of aromatic nitrogens is 2. The Labute approximate surface area is 95.8 Å². The first-order valence-electron chi connectivity index (χ1n) is 4.01. The predicted molar refractivity (Wildman–Crippen MR) is 59.5 cm³/mol. The summed E-state index contributed by atoms with van der Waals surface area (Å²) in [4.78, 5) is 7.81. The van der Waals surface area contributed by atoms with Crippen LogP contribution in [0.25, 0.3) is 0 Å².